The molecule has 0 unspecified atom stereocenters. The fourth-order valence-electron chi connectivity index (χ4n) is 1.62. The summed E-state index contributed by atoms with van der Waals surface area (Å²) in [7, 11) is 0. The van der Waals surface area contributed by atoms with Gasteiger partial charge in [-0.1, -0.05) is 0 Å². The second-order valence-electron chi connectivity index (χ2n) is 3.30. The molecular weight excluding hydrogens is 156 g/mol. The summed E-state index contributed by atoms with van der Waals surface area (Å²) >= 11 is 1.74. The zero-order valence-electron chi connectivity index (χ0n) is 6.53. The highest BCUT2D eigenvalue weighted by Gasteiger charge is 2.41. The molecule has 1 N–H and O–H groups in total. The summed E-state index contributed by atoms with van der Waals surface area (Å²) in [5.74, 6) is 1.19. The third-order valence-corrected chi connectivity index (χ3v) is 3.13. The van der Waals surface area contributed by atoms with Gasteiger partial charge in [-0.15, -0.1) is 0 Å². The molecule has 0 aromatic carbocycles. The fraction of sp³-hybridized carbons (Fsp3) is 0.556. The van der Waals surface area contributed by atoms with Gasteiger partial charge in [-0.2, -0.15) is 11.3 Å². The number of thiophene rings is 1. The van der Waals surface area contributed by atoms with Gasteiger partial charge < -0.3 is 5.11 Å². The summed E-state index contributed by atoms with van der Waals surface area (Å²) in [5.41, 5.74) is 1.42. The van der Waals surface area contributed by atoms with Gasteiger partial charge in [0.2, 0.25) is 0 Å². The molecule has 1 nitrogen and oxygen atoms in total. The van der Waals surface area contributed by atoms with Gasteiger partial charge >= 0.3 is 0 Å². The van der Waals surface area contributed by atoms with E-state index in [0.29, 0.717) is 11.8 Å². The van der Waals surface area contributed by atoms with Gasteiger partial charge in [0.1, 0.15) is 0 Å². The molecule has 0 bridgehead atoms. The molecule has 1 aromatic heterocycles. The first-order valence-electron chi connectivity index (χ1n) is 3.99. The predicted octanol–water partition coefficient (Wildman–Crippen LogP) is 2.23. The van der Waals surface area contributed by atoms with E-state index in [-0.39, 0.29) is 6.10 Å². The minimum Gasteiger partial charge on any atom is -0.393 e. The van der Waals surface area contributed by atoms with Crippen molar-refractivity contribution in [1.82, 2.24) is 0 Å². The van der Waals surface area contributed by atoms with Gasteiger partial charge in [-0.25, -0.2) is 0 Å². The third kappa shape index (κ3) is 1.33. The van der Waals surface area contributed by atoms with Crippen molar-refractivity contribution in [1.29, 1.82) is 0 Å². The van der Waals surface area contributed by atoms with E-state index in [1.54, 1.807) is 11.3 Å². The van der Waals surface area contributed by atoms with E-state index in [0.717, 1.165) is 0 Å². The van der Waals surface area contributed by atoms with Gasteiger partial charge in [0.05, 0.1) is 6.10 Å². The van der Waals surface area contributed by atoms with Crippen molar-refractivity contribution in [3.63, 3.8) is 0 Å². The van der Waals surface area contributed by atoms with E-state index in [1.165, 1.54) is 12.0 Å². The molecule has 1 saturated carbocycles. The van der Waals surface area contributed by atoms with Crippen molar-refractivity contribution >= 4 is 11.3 Å². The van der Waals surface area contributed by atoms with Gasteiger partial charge in [0.15, 0.2) is 0 Å². The van der Waals surface area contributed by atoms with Crippen molar-refractivity contribution in [3.8, 4) is 0 Å². The van der Waals surface area contributed by atoms with Gasteiger partial charge in [0.25, 0.3) is 0 Å². The van der Waals surface area contributed by atoms with Crippen molar-refractivity contribution in [3.05, 3.63) is 22.4 Å². The number of rotatable bonds is 2. The second kappa shape index (κ2) is 2.61. The van der Waals surface area contributed by atoms with Crippen LogP contribution in [0.1, 0.15) is 24.8 Å². The van der Waals surface area contributed by atoms with E-state index in [1.807, 2.05) is 6.92 Å². The van der Waals surface area contributed by atoms with Gasteiger partial charge in [0, 0.05) is 0 Å². The highest BCUT2D eigenvalue weighted by atomic mass is 32.1. The normalized spacial score (nSPS) is 31.8. The molecule has 1 aliphatic rings. The largest absolute Gasteiger partial charge is 0.393 e. The first kappa shape index (κ1) is 7.32. The van der Waals surface area contributed by atoms with Crippen LogP contribution in [-0.2, 0) is 0 Å². The molecule has 0 spiro atoms. The SMILES string of the molecule is C[C@@H](O)[C@H]1C[C@@H]1c1ccsc1. The van der Waals surface area contributed by atoms with Crippen LogP contribution in [0, 0.1) is 5.92 Å². The van der Waals surface area contributed by atoms with Gasteiger partial charge in [-0.05, 0) is 47.6 Å². The third-order valence-electron chi connectivity index (χ3n) is 2.43. The van der Waals surface area contributed by atoms with E-state index in [2.05, 4.69) is 16.8 Å². The summed E-state index contributed by atoms with van der Waals surface area (Å²) in [6.07, 6.45) is 1.05. The first-order chi connectivity index (χ1) is 5.29. The number of hydrogen-bond acceptors (Lipinski definition) is 2. The fourth-order valence-corrected chi connectivity index (χ4v) is 2.34. The van der Waals surface area contributed by atoms with Crippen LogP contribution >= 0.6 is 11.3 Å². The molecule has 0 saturated heterocycles. The highest BCUT2D eigenvalue weighted by molar-refractivity contribution is 7.08. The Morgan fingerprint density at radius 2 is 2.55 bits per heavy atom. The Morgan fingerprint density at radius 3 is 3.00 bits per heavy atom. The van der Waals surface area contributed by atoms with E-state index < -0.39 is 0 Å². The zero-order valence-corrected chi connectivity index (χ0v) is 7.34. The molecule has 1 fully saturated rings. The maximum atomic E-state index is 9.26. The predicted molar refractivity (Wildman–Crippen MR) is 46.8 cm³/mol. The van der Waals surface area contributed by atoms with Crippen molar-refractivity contribution < 1.29 is 5.11 Å². The number of aliphatic hydroxyl groups excluding tert-OH is 1. The lowest BCUT2D eigenvalue weighted by Crippen LogP contribution is -2.02. The van der Waals surface area contributed by atoms with E-state index >= 15 is 0 Å². The number of hydrogen-bond donors (Lipinski definition) is 1. The monoisotopic (exact) mass is 168 g/mol. The van der Waals surface area contributed by atoms with Crippen LogP contribution in [-0.4, -0.2) is 11.2 Å². The highest BCUT2D eigenvalue weighted by Crippen LogP contribution is 2.49. The quantitative estimate of drug-likeness (QED) is 0.718. The van der Waals surface area contributed by atoms with Crippen molar-refractivity contribution in [2.24, 2.45) is 5.92 Å². The molecule has 1 aromatic rings. The maximum absolute atomic E-state index is 9.26. The lowest BCUT2D eigenvalue weighted by Gasteiger charge is -1.99. The van der Waals surface area contributed by atoms with Crippen LogP contribution in [0.25, 0.3) is 0 Å². The lowest BCUT2D eigenvalue weighted by atomic mass is 10.1. The molecule has 2 heteroatoms. The molecule has 1 aliphatic carbocycles. The van der Waals surface area contributed by atoms with E-state index in [9.17, 15) is 5.11 Å². The van der Waals surface area contributed by atoms with Crippen LogP contribution < -0.4 is 0 Å². The molecule has 11 heavy (non-hydrogen) atoms. The Hall–Kier alpha value is -0.340. The molecule has 2 rings (SSSR count). The summed E-state index contributed by atoms with van der Waals surface area (Å²) in [5, 5.41) is 13.6. The van der Waals surface area contributed by atoms with Crippen LogP contribution in [0.4, 0.5) is 0 Å². The molecule has 60 valence electrons. The Balaban J connectivity index is 2.02. The average Bonchev–Trinajstić information content (AvgIpc) is 2.60. The first-order valence-corrected chi connectivity index (χ1v) is 4.93. The van der Waals surface area contributed by atoms with Crippen LogP contribution in [0.15, 0.2) is 16.8 Å². The smallest absolute Gasteiger partial charge is 0.0546 e. The Kier molecular flexibility index (Phi) is 1.74. The maximum Gasteiger partial charge on any atom is 0.0546 e. The summed E-state index contributed by atoms with van der Waals surface area (Å²) < 4.78 is 0. The molecule has 0 radical (unpaired) electrons. The van der Waals surface area contributed by atoms with E-state index in [4.69, 9.17) is 0 Å². The molecule has 3 atom stereocenters. The Morgan fingerprint density at radius 1 is 1.73 bits per heavy atom. The van der Waals surface area contributed by atoms with Crippen LogP contribution in [0.3, 0.4) is 0 Å². The topological polar surface area (TPSA) is 20.2 Å². The molecule has 1 heterocycles. The standard InChI is InChI=1S/C9H12OS/c1-6(10)8-4-9(8)7-2-3-11-5-7/h2-3,5-6,8-10H,4H2,1H3/t6-,8-,9-/m1/s1. The molecular formula is C9H12OS. The molecule has 0 aliphatic heterocycles. The summed E-state index contributed by atoms with van der Waals surface area (Å²) in [6.45, 7) is 1.89. The number of aliphatic hydroxyl groups is 1. The van der Waals surface area contributed by atoms with Crippen LogP contribution in [0.2, 0.25) is 0 Å². The minimum absolute atomic E-state index is 0.125. The lowest BCUT2D eigenvalue weighted by molar-refractivity contribution is 0.169. The van der Waals surface area contributed by atoms with Gasteiger partial charge in [-0.3, -0.25) is 0 Å². The van der Waals surface area contributed by atoms with Crippen LogP contribution in [0.5, 0.6) is 0 Å². The van der Waals surface area contributed by atoms with Crippen molar-refractivity contribution in [2.75, 3.05) is 0 Å². The summed E-state index contributed by atoms with van der Waals surface area (Å²) in [6, 6.07) is 2.16. The van der Waals surface area contributed by atoms with Crippen molar-refractivity contribution in [2.45, 2.75) is 25.4 Å². The zero-order chi connectivity index (χ0) is 7.84. The second-order valence-corrected chi connectivity index (χ2v) is 4.08. The average molecular weight is 168 g/mol. The Bertz CT molecular complexity index is 228. The minimum atomic E-state index is -0.125. The Labute approximate surface area is 70.7 Å². The summed E-state index contributed by atoms with van der Waals surface area (Å²) in [4.78, 5) is 0. The molecule has 0 amide bonds.